The van der Waals surface area contributed by atoms with Crippen molar-refractivity contribution in [2.45, 2.75) is 45.6 Å². The third-order valence-corrected chi connectivity index (χ3v) is 3.44. The second kappa shape index (κ2) is 5.25. The van der Waals surface area contributed by atoms with E-state index in [9.17, 15) is 4.79 Å². The van der Waals surface area contributed by atoms with E-state index in [-0.39, 0.29) is 5.91 Å². The first-order valence-electron chi connectivity index (χ1n) is 6.26. The van der Waals surface area contributed by atoms with Crippen LogP contribution in [0.25, 0.3) is 0 Å². The SMILES string of the molecule is Cc1cnc(C(=O)N[C@@H]2CCCC[C@@H]2C)cn1. The van der Waals surface area contributed by atoms with Crippen molar-refractivity contribution in [1.29, 1.82) is 0 Å². The first kappa shape index (κ1) is 12.0. The third-order valence-electron chi connectivity index (χ3n) is 3.44. The van der Waals surface area contributed by atoms with Gasteiger partial charge in [-0.2, -0.15) is 0 Å². The molecular formula is C13H19N3O. The van der Waals surface area contributed by atoms with Crippen LogP contribution in [0.3, 0.4) is 0 Å². The topological polar surface area (TPSA) is 54.9 Å². The van der Waals surface area contributed by atoms with Crippen LogP contribution < -0.4 is 5.32 Å². The zero-order valence-electron chi connectivity index (χ0n) is 10.4. The lowest BCUT2D eigenvalue weighted by Gasteiger charge is -2.29. The number of rotatable bonds is 2. The molecule has 1 aliphatic rings. The summed E-state index contributed by atoms with van der Waals surface area (Å²) in [4.78, 5) is 20.1. The molecule has 1 N–H and O–H groups in total. The van der Waals surface area contributed by atoms with Crippen LogP contribution in [0.2, 0.25) is 0 Å². The zero-order chi connectivity index (χ0) is 12.3. The summed E-state index contributed by atoms with van der Waals surface area (Å²) < 4.78 is 0. The number of amides is 1. The van der Waals surface area contributed by atoms with Crippen molar-refractivity contribution >= 4 is 5.91 Å². The Bertz CT molecular complexity index is 388. The monoisotopic (exact) mass is 233 g/mol. The highest BCUT2D eigenvalue weighted by Crippen LogP contribution is 2.23. The number of aromatic nitrogens is 2. The molecule has 0 aromatic carbocycles. The third kappa shape index (κ3) is 3.02. The lowest BCUT2D eigenvalue weighted by atomic mass is 9.86. The van der Waals surface area contributed by atoms with Crippen LogP contribution in [0.4, 0.5) is 0 Å². The zero-order valence-corrected chi connectivity index (χ0v) is 10.4. The summed E-state index contributed by atoms with van der Waals surface area (Å²) in [6, 6.07) is 0.291. The fourth-order valence-electron chi connectivity index (χ4n) is 2.28. The minimum Gasteiger partial charge on any atom is -0.348 e. The van der Waals surface area contributed by atoms with Gasteiger partial charge in [0, 0.05) is 12.2 Å². The summed E-state index contributed by atoms with van der Waals surface area (Å²) >= 11 is 0. The van der Waals surface area contributed by atoms with Crippen molar-refractivity contribution < 1.29 is 4.79 Å². The molecule has 92 valence electrons. The van der Waals surface area contributed by atoms with E-state index in [0.717, 1.165) is 12.1 Å². The molecule has 2 rings (SSSR count). The molecule has 17 heavy (non-hydrogen) atoms. The number of carbonyl (C=O) groups is 1. The number of carbonyl (C=O) groups excluding carboxylic acids is 1. The van der Waals surface area contributed by atoms with Gasteiger partial charge in [-0.25, -0.2) is 4.98 Å². The predicted molar refractivity (Wildman–Crippen MR) is 65.7 cm³/mol. The Morgan fingerprint density at radius 1 is 1.29 bits per heavy atom. The molecule has 0 saturated heterocycles. The Kier molecular flexibility index (Phi) is 3.71. The van der Waals surface area contributed by atoms with Gasteiger partial charge in [0.15, 0.2) is 0 Å². The van der Waals surface area contributed by atoms with Crippen LogP contribution in [0.15, 0.2) is 12.4 Å². The van der Waals surface area contributed by atoms with Crippen LogP contribution in [0.5, 0.6) is 0 Å². The molecule has 1 aliphatic carbocycles. The summed E-state index contributed by atoms with van der Waals surface area (Å²) in [6.07, 6.45) is 7.92. The van der Waals surface area contributed by atoms with Crippen LogP contribution in [-0.2, 0) is 0 Å². The van der Waals surface area contributed by atoms with Crippen molar-refractivity contribution in [3.8, 4) is 0 Å². The lowest BCUT2D eigenvalue weighted by molar-refractivity contribution is 0.0904. The molecule has 1 aromatic heterocycles. The van der Waals surface area contributed by atoms with E-state index in [2.05, 4.69) is 22.2 Å². The summed E-state index contributed by atoms with van der Waals surface area (Å²) in [5.74, 6) is 0.461. The Balaban J connectivity index is 1.98. The number of hydrogen-bond donors (Lipinski definition) is 1. The number of nitrogens with one attached hydrogen (secondary N) is 1. The van der Waals surface area contributed by atoms with Crippen molar-refractivity contribution in [1.82, 2.24) is 15.3 Å². The second-order valence-corrected chi connectivity index (χ2v) is 4.88. The first-order valence-corrected chi connectivity index (χ1v) is 6.26. The maximum atomic E-state index is 12.0. The molecule has 2 atom stereocenters. The summed E-state index contributed by atoms with van der Waals surface area (Å²) in [7, 11) is 0. The number of aryl methyl sites for hydroxylation is 1. The van der Waals surface area contributed by atoms with E-state index in [1.165, 1.54) is 25.5 Å². The Morgan fingerprint density at radius 2 is 2.06 bits per heavy atom. The molecule has 1 amide bonds. The average Bonchev–Trinajstić information content (AvgIpc) is 2.33. The van der Waals surface area contributed by atoms with E-state index in [1.807, 2.05) is 6.92 Å². The lowest BCUT2D eigenvalue weighted by Crippen LogP contribution is -2.41. The minimum atomic E-state index is -0.101. The fraction of sp³-hybridized carbons (Fsp3) is 0.615. The molecular weight excluding hydrogens is 214 g/mol. The van der Waals surface area contributed by atoms with Gasteiger partial charge in [-0.15, -0.1) is 0 Å². The molecule has 0 spiro atoms. The molecule has 1 saturated carbocycles. The van der Waals surface area contributed by atoms with E-state index >= 15 is 0 Å². The highest BCUT2D eigenvalue weighted by Gasteiger charge is 2.23. The summed E-state index contributed by atoms with van der Waals surface area (Å²) in [5, 5.41) is 3.06. The van der Waals surface area contributed by atoms with Crippen LogP contribution in [0.1, 0.15) is 48.8 Å². The highest BCUT2D eigenvalue weighted by atomic mass is 16.1. The van der Waals surface area contributed by atoms with Gasteiger partial charge < -0.3 is 5.32 Å². The normalized spacial score (nSPS) is 24.4. The van der Waals surface area contributed by atoms with Crippen LogP contribution in [-0.4, -0.2) is 21.9 Å². The standard InChI is InChI=1S/C13H19N3O/c1-9-5-3-4-6-11(9)16-13(17)12-8-14-10(2)7-15-12/h7-9,11H,3-6H2,1-2H3,(H,16,17)/t9-,11+/m0/s1. The predicted octanol–water partition coefficient (Wildman–Crippen LogP) is 2.09. The molecule has 0 radical (unpaired) electrons. The molecule has 4 nitrogen and oxygen atoms in total. The van der Waals surface area contributed by atoms with Gasteiger partial charge in [0.25, 0.3) is 5.91 Å². The van der Waals surface area contributed by atoms with Gasteiger partial charge in [0.2, 0.25) is 0 Å². The van der Waals surface area contributed by atoms with Gasteiger partial charge in [-0.3, -0.25) is 9.78 Å². The van der Waals surface area contributed by atoms with Gasteiger partial charge in [-0.1, -0.05) is 19.8 Å². The second-order valence-electron chi connectivity index (χ2n) is 4.88. The molecule has 4 heteroatoms. The van der Waals surface area contributed by atoms with E-state index in [4.69, 9.17) is 0 Å². The summed E-state index contributed by atoms with van der Waals surface area (Å²) in [5.41, 5.74) is 1.24. The summed E-state index contributed by atoms with van der Waals surface area (Å²) in [6.45, 7) is 4.06. The van der Waals surface area contributed by atoms with Crippen LogP contribution in [0, 0.1) is 12.8 Å². The van der Waals surface area contributed by atoms with E-state index < -0.39 is 0 Å². The average molecular weight is 233 g/mol. The van der Waals surface area contributed by atoms with Crippen LogP contribution >= 0.6 is 0 Å². The van der Waals surface area contributed by atoms with Crippen molar-refractivity contribution in [2.75, 3.05) is 0 Å². The largest absolute Gasteiger partial charge is 0.348 e. The number of hydrogen-bond acceptors (Lipinski definition) is 3. The van der Waals surface area contributed by atoms with Crippen molar-refractivity contribution in [2.24, 2.45) is 5.92 Å². The molecule has 1 aromatic rings. The Hall–Kier alpha value is -1.45. The molecule has 0 unspecified atom stereocenters. The molecule has 0 aliphatic heterocycles. The highest BCUT2D eigenvalue weighted by molar-refractivity contribution is 5.92. The van der Waals surface area contributed by atoms with Gasteiger partial charge >= 0.3 is 0 Å². The van der Waals surface area contributed by atoms with Gasteiger partial charge in [0.1, 0.15) is 5.69 Å². The maximum absolute atomic E-state index is 12.0. The first-order chi connectivity index (χ1) is 8.16. The fourth-order valence-corrected chi connectivity index (χ4v) is 2.28. The number of nitrogens with zero attached hydrogens (tertiary/aromatic N) is 2. The van der Waals surface area contributed by atoms with Gasteiger partial charge in [-0.05, 0) is 25.7 Å². The smallest absolute Gasteiger partial charge is 0.271 e. The minimum absolute atomic E-state index is 0.101. The molecule has 1 heterocycles. The van der Waals surface area contributed by atoms with Crippen molar-refractivity contribution in [3.63, 3.8) is 0 Å². The van der Waals surface area contributed by atoms with E-state index in [1.54, 1.807) is 6.20 Å². The van der Waals surface area contributed by atoms with E-state index in [0.29, 0.717) is 17.7 Å². The maximum Gasteiger partial charge on any atom is 0.271 e. The quantitative estimate of drug-likeness (QED) is 0.851. The molecule has 1 fully saturated rings. The Morgan fingerprint density at radius 3 is 2.71 bits per heavy atom. The van der Waals surface area contributed by atoms with Crippen molar-refractivity contribution in [3.05, 3.63) is 23.8 Å². The molecule has 0 bridgehead atoms. The van der Waals surface area contributed by atoms with Gasteiger partial charge in [0.05, 0.1) is 11.9 Å². The Labute approximate surface area is 102 Å².